The van der Waals surface area contributed by atoms with E-state index in [-0.39, 0.29) is 6.10 Å². The third-order valence-electron chi connectivity index (χ3n) is 1.84. The van der Waals surface area contributed by atoms with Gasteiger partial charge in [0, 0.05) is 0 Å². The highest BCUT2D eigenvalue weighted by atomic mass is 16.7. The van der Waals surface area contributed by atoms with Crippen LogP contribution in [0.3, 0.4) is 0 Å². The molecule has 1 saturated heterocycles. The maximum absolute atomic E-state index is 11.1. The number of ether oxygens (including phenoxy) is 3. The zero-order valence-corrected chi connectivity index (χ0v) is 8.12. The maximum atomic E-state index is 11.1. The van der Waals surface area contributed by atoms with Gasteiger partial charge in [0.15, 0.2) is 5.79 Å². The summed E-state index contributed by atoms with van der Waals surface area (Å²) in [5, 5.41) is 0. The Morgan fingerprint density at radius 1 is 1.62 bits per heavy atom. The second-order valence-corrected chi connectivity index (χ2v) is 3.33. The summed E-state index contributed by atoms with van der Waals surface area (Å²) in [7, 11) is 1.31. The minimum atomic E-state index is -0.637. The molecular formula is C9H14O4. The van der Waals surface area contributed by atoms with E-state index in [9.17, 15) is 4.79 Å². The van der Waals surface area contributed by atoms with Crippen LogP contribution >= 0.6 is 0 Å². The molecule has 1 rings (SSSR count). The van der Waals surface area contributed by atoms with Crippen molar-refractivity contribution in [1.82, 2.24) is 0 Å². The molecule has 0 aromatic carbocycles. The molecule has 1 heterocycles. The molecule has 1 aliphatic rings. The number of rotatable bonds is 2. The molecule has 0 spiro atoms. The van der Waals surface area contributed by atoms with Crippen molar-refractivity contribution < 1.29 is 19.0 Å². The molecular weight excluding hydrogens is 172 g/mol. The van der Waals surface area contributed by atoms with Gasteiger partial charge in [-0.3, -0.25) is 0 Å². The molecule has 13 heavy (non-hydrogen) atoms. The van der Waals surface area contributed by atoms with Crippen LogP contribution in [0, 0.1) is 0 Å². The van der Waals surface area contributed by atoms with Crippen LogP contribution < -0.4 is 0 Å². The molecule has 0 amide bonds. The van der Waals surface area contributed by atoms with E-state index < -0.39 is 11.8 Å². The molecule has 4 heteroatoms. The summed E-state index contributed by atoms with van der Waals surface area (Å²) < 4.78 is 15.2. The summed E-state index contributed by atoms with van der Waals surface area (Å²) in [6, 6.07) is 0. The van der Waals surface area contributed by atoms with E-state index >= 15 is 0 Å². The average Bonchev–Trinajstić information content (AvgIpc) is 2.43. The summed E-state index contributed by atoms with van der Waals surface area (Å²) in [5.41, 5.74) is 0.299. The predicted octanol–water partition coefficient (Wildman–Crippen LogP) is 0.867. The van der Waals surface area contributed by atoms with E-state index in [2.05, 4.69) is 11.3 Å². The molecule has 0 aliphatic carbocycles. The Kier molecular flexibility index (Phi) is 2.73. The average molecular weight is 186 g/mol. The molecule has 0 unspecified atom stereocenters. The molecule has 1 atom stereocenters. The lowest BCUT2D eigenvalue weighted by molar-refractivity contribution is -0.143. The van der Waals surface area contributed by atoms with E-state index in [0.717, 1.165) is 0 Å². The van der Waals surface area contributed by atoms with Crippen molar-refractivity contribution in [1.29, 1.82) is 0 Å². The molecule has 0 N–H and O–H groups in total. The van der Waals surface area contributed by atoms with E-state index in [0.29, 0.717) is 12.2 Å². The molecule has 0 bridgehead atoms. The van der Waals surface area contributed by atoms with Gasteiger partial charge >= 0.3 is 5.97 Å². The fourth-order valence-corrected chi connectivity index (χ4v) is 1.12. The van der Waals surface area contributed by atoms with Gasteiger partial charge in [0.25, 0.3) is 0 Å². The smallest absolute Gasteiger partial charge is 0.335 e. The Morgan fingerprint density at radius 3 is 2.62 bits per heavy atom. The Labute approximate surface area is 77.5 Å². The van der Waals surface area contributed by atoms with E-state index in [4.69, 9.17) is 9.47 Å². The van der Waals surface area contributed by atoms with E-state index in [1.54, 1.807) is 13.8 Å². The second kappa shape index (κ2) is 3.47. The lowest BCUT2D eigenvalue weighted by Crippen LogP contribution is -2.24. The summed E-state index contributed by atoms with van der Waals surface area (Å²) in [5.74, 6) is -1.09. The third kappa shape index (κ3) is 2.29. The zero-order valence-electron chi connectivity index (χ0n) is 8.12. The topological polar surface area (TPSA) is 44.8 Å². The summed E-state index contributed by atoms with van der Waals surface area (Å²) in [6.45, 7) is 7.52. The van der Waals surface area contributed by atoms with Gasteiger partial charge in [0.2, 0.25) is 0 Å². The third-order valence-corrected chi connectivity index (χ3v) is 1.84. The SMILES string of the molecule is C=C(C(=O)OC)[C@@H]1COC(C)(C)O1. The van der Waals surface area contributed by atoms with Crippen LogP contribution in [0.5, 0.6) is 0 Å². The van der Waals surface area contributed by atoms with Gasteiger partial charge in [-0.1, -0.05) is 6.58 Å². The number of hydrogen-bond donors (Lipinski definition) is 0. The number of carbonyl (C=O) groups is 1. The first-order valence-electron chi connectivity index (χ1n) is 4.05. The largest absolute Gasteiger partial charge is 0.466 e. The van der Waals surface area contributed by atoms with Gasteiger partial charge in [-0.05, 0) is 13.8 Å². The van der Waals surface area contributed by atoms with Gasteiger partial charge in [-0.2, -0.15) is 0 Å². The summed E-state index contributed by atoms with van der Waals surface area (Å²) in [6.07, 6.45) is -0.387. The molecule has 0 aromatic rings. The van der Waals surface area contributed by atoms with Crippen LogP contribution in [-0.2, 0) is 19.0 Å². The highest BCUT2D eigenvalue weighted by Gasteiger charge is 2.36. The molecule has 0 saturated carbocycles. The lowest BCUT2D eigenvalue weighted by atomic mass is 10.2. The zero-order chi connectivity index (χ0) is 10.1. The van der Waals surface area contributed by atoms with Crippen molar-refractivity contribution in [2.24, 2.45) is 0 Å². The maximum Gasteiger partial charge on any atom is 0.335 e. The normalized spacial score (nSPS) is 25.6. The number of carbonyl (C=O) groups excluding carboxylic acids is 1. The fraction of sp³-hybridized carbons (Fsp3) is 0.667. The Balaban J connectivity index is 2.57. The van der Waals surface area contributed by atoms with Crippen LogP contribution in [0.25, 0.3) is 0 Å². The number of methoxy groups -OCH3 is 1. The first-order valence-corrected chi connectivity index (χ1v) is 4.05. The minimum absolute atomic E-state index is 0.299. The van der Waals surface area contributed by atoms with E-state index in [1.807, 2.05) is 0 Å². The van der Waals surface area contributed by atoms with Crippen molar-refractivity contribution in [2.45, 2.75) is 25.7 Å². The van der Waals surface area contributed by atoms with Crippen molar-refractivity contribution >= 4 is 5.97 Å². The van der Waals surface area contributed by atoms with Crippen LogP contribution in [0.15, 0.2) is 12.2 Å². The Bertz CT molecular complexity index is 232. The van der Waals surface area contributed by atoms with Gasteiger partial charge in [0.05, 0.1) is 19.3 Å². The van der Waals surface area contributed by atoms with Crippen LogP contribution in [0.4, 0.5) is 0 Å². The molecule has 4 nitrogen and oxygen atoms in total. The summed E-state index contributed by atoms with van der Waals surface area (Å²) in [4.78, 5) is 11.1. The van der Waals surface area contributed by atoms with Gasteiger partial charge in [-0.25, -0.2) is 4.79 Å². The van der Waals surface area contributed by atoms with Gasteiger partial charge < -0.3 is 14.2 Å². The van der Waals surface area contributed by atoms with E-state index in [1.165, 1.54) is 7.11 Å². The van der Waals surface area contributed by atoms with Gasteiger partial charge in [-0.15, -0.1) is 0 Å². The number of hydrogen-bond acceptors (Lipinski definition) is 4. The monoisotopic (exact) mass is 186 g/mol. The minimum Gasteiger partial charge on any atom is -0.466 e. The number of esters is 1. The highest BCUT2D eigenvalue weighted by molar-refractivity contribution is 5.88. The molecule has 74 valence electrons. The Morgan fingerprint density at radius 2 is 2.23 bits per heavy atom. The molecule has 1 aliphatic heterocycles. The fourth-order valence-electron chi connectivity index (χ4n) is 1.12. The lowest BCUT2D eigenvalue weighted by Gasteiger charge is -2.17. The quantitative estimate of drug-likeness (QED) is 0.474. The van der Waals surface area contributed by atoms with Crippen molar-refractivity contribution in [3.63, 3.8) is 0 Å². The first-order chi connectivity index (χ1) is 5.96. The summed E-state index contributed by atoms with van der Waals surface area (Å²) >= 11 is 0. The highest BCUT2D eigenvalue weighted by Crippen LogP contribution is 2.26. The molecule has 0 aromatic heterocycles. The standard InChI is InChI=1S/C9H14O4/c1-6(8(10)11-4)7-5-12-9(2,3)13-7/h7H,1,5H2,2-4H3/t7-/m0/s1. The predicted molar refractivity (Wildman–Crippen MR) is 46.1 cm³/mol. The Hall–Kier alpha value is -0.870. The first kappa shape index (κ1) is 10.2. The molecule has 0 radical (unpaired) electrons. The van der Waals surface area contributed by atoms with Crippen molar-refractivity contribution in [3.05, 3.63) is 12.2 Å². The molecule has 1 fully saturated rings. The van der Waals surface area contributed by atoms with Crippen molar-refractivity contribution in [3.8, 4) is 0 Å². The van der Waals surface area contributed by atoms with Gasteiger partial charge in [0.1, 0.15) is 6.10 Å². The van der Waals surface area contributed by atoms with Crippen LogP contribution in [0.2, 0.25) is 0 Å². The van der Waals surface area contributed by atoms with Crippen molar-refractivity contribution in [2.75, 3.05) is 13.7 Å². The second-order valence-electron chi connectivity index (χ2n) is 3.33. The van der Waals surface area contributed by atoms with Crippen LogP contribution in [0.1, 0.15) is 13.8 Å². The van der Waals surface area contributed by atoms with Crippen LogP contribution in [-0.4, -0.2) is 31.6 Å².